The molecule has 3 rings (SSSR count). The Hall–Kier alpha value is -1.82. The van der Waals surface area contributed by atoms with Crippen LogP contribution in [0.15, 0.2) is 23.3 Å². The Kier molecular flexibility index (Phi) is 7.54. The average molecular weight is 388 g/mol. The first-order chi connectivity index (χ1) is 13.6. The van der Waals surface area contributed by atoms with E-state index < -0.39 is 0 Å². The quantitative estimate of drug-likeness (QED) is 0.555. The molecule has 2 aliphatic rings. The molecule has 0 bridgehead atoms. The van der Waals surface area contributed by atoms with Gasteiger partial charge in [-0.2, -0.15) is 0 Å². The number of hydrogen-bond donors (Lipinski definition) is 2. The third-order valence-electron chi connectivity index (χ3n) is 6.18. The van der Waals surface area contributed by atoms with Gasteiger partial charge in [0.05, 0.1) is 19.3 Å². The number of anilines is 1. The second-order valence-corrected chi connectivity index (χ2v) is 8.26. The Balaban J connectivity index is 1.56. The van der Waals surface area contributed by atoms with Crippen LogP contribution in [0.4, 0.5) is 5.82 Å². The standard InChI is InChI=1S/C22H37N5O/c1-4-22(10-6-7-11-22)17-26-21(23-5-2)25-15-19-8-9-20(24-14-19)27-12-13-28-18(3)16-27/h8-9,14,18H,4-7,10-13,15-17H2,1-3H3,(H2,23,25,26). The van der Waals surface area contributed by atoms with Gasteiger partial charge in [-0.25, -0.2) is 9.98 Å². The van der Waals surface area contributed by atoms with E-state index in [4.69, 9.17) is 9.73 Å². The van der Waals surface area contributed by atoms with Gasteiger partial charge < -0.3 is 20.3 Å². The summed E-state index contributed by atoms with van der Waals surface area (Å²) < 4.78 is 5.61. The molecule has 0 radical (unpaired) electrons. The molecule has 2 heterocycles. The highest BCUT2D eigenvalue weighted by Gasteiger charge is 2.31. The zero-order valence-electron chi connectivity index (χ0n) is 17.8. The summed E-state index contributed by atoms with van der Waals surface area (Å²) >= 11 is 0. The fourth-order valence-electron chi connectivity index (χ4n) is 4.29. The van der Waals surface area contributed by atoms with Gasteiger partial charge in [0.25, 0.3) is 0 Å². The van der Waals surface area contributed by atoms with Crippen LogP contribution in [-0.2, 0) is 11.3 Å². The van der Waals surface area contributed by atoms with Crippen LogP contribution >= 0.6 is 0 Å². The molecule has 1 aliphatic carbocycles. The van der Waals surface area contributed by atoms with Crippen molar-refractivity contribution in [1.82, 2.24) is 15.6 Å². The number of aliphatic imine (C=N–C) groups is 1. The third kappa shape index (κ3) is 5.60. The summed E-state index contributed by atoms with van der Waals surface area (Å²) in [6, 6.07) is 4.24. The van der Waals surface area contributed by atoms with Gasteiger partial charge in [0.2, 0.25) is 0 Å². The van der Waals surface area contributed by atoms with E-state index in [1.165, 1.54) is 32.1 Å². The molecule has 0 aromatic carbocycles. The Morgan fingerprint density at radius 1 is 1.29 bits per heavy atom. The Morgan fingerprint density at radius 3 is 2.75 bits per heavy atom. The Morgan fingerprint density at radius 2 is 2.11 bits per heavy atom. The predicted octanol–water partition coefficient (Wildman–Crippen LogP) is 3.33. The third-order valence-corrected chi connectivity index (χ3v) is 6.18. The average Bonchev–Trinajstić information content (AvgIpc) is 3.20. The van der Waals surface area contributed by atoms with E-state index in [0.717, 1.165) is 50.1 Å². The number of nitrogens with zero attached hydrogens (tertiary/aromatic N) is 3. The molecule has 1 saturated carbocycles. The molecule has 28 heavy (non-hydrogen) atoms. The smallest absolute Gasteiger partial charge is 0.191 e. The van der Waals surface area contributed by atoms with Gasteiger partial charge in [-0.15, -0.1) is 0 Å². The summed E-state index contributed by atoms with van der Waals surface area (Å²) in [5.41, 5.74) is 1.59. The van der Waals surface area contributed by atoms with Gasteiger partial charge in [0.15, 0.2) is 5.96 Å². The molecule has 1 aromatic rings. The molecule has 0 amide bonds. The molecule has 6 heteroatoms. The van der Waals surface area contributed by atoms with Crippen LogP contribution in [0.1, 0.15) is 58.4 Å². The van der Waals surface area contributed by atoms with Crippen LogP contribution < -0.4 is 15.5 Å². The monoisotopic (exact) mass is 387 g/mol. The van der Waals surface area contributed by atoms with E-state index in [1.807, 2.05) is 6.20 Å². The molecule has 1 aliphatic heterocycles. The highest BCUT2D eigenvalue weighted by atomic mass is 16.5. The molecule has 1 unspecified atom stereocenters. The summed E-state index contributed by atoms with van der Waals surface area (Å²) in [4.78, 5) is 11.7. The summed E-state index contributed by atoms with van der Waals surface area (Å²) in [6.07, 6.45) is 8.85. The minimum Gasteiger partial charge on any atom is -0.375 e. The number of morpholine rings is 1. The lowest BCUT2D eigenvalue weighted by atomic mass is 9.83. The van der Waals surface area contributed by atoms with Gasteiger partial charge >= 0.3 is 0 Å². The van der Waals surface area contributed by atoms with Crippen LogP contribution in [0.2, 0.25) is 0 Å². The van der Waals surface area contributed by atoms with Crippen LogP contribution in [0, 0.1) is 5.41 Å². The summed E-state index contributed by atoms with van der Waals surface area (Å²) in [5, 5.41) is 6.97. The highest BCUT2D eigenvalue weighted by molar-refractivity contribution is 5.79. The van der Waals surface area contributed by atoms with E-state index in [0.29, 0.717) is 12.0 Å². The maximum absolute atomic E-state index is 5.61. The normalized spacial score (nSPS) is 22.3. The van der Waals surface area contributed by atoms with Crippen LogP contribution in [-0.4, -0.2) is 49.8 Å². The SMILES string of the molecule is CCNC(=NCc1ccc(N2CCOC(C)C2)nc1)NCC1(CC)CCCC1. The highest BCUT2D eigenvalue weighted by Crippen LogP contribution is 2.40. The zero-order valence-corrected chi connectivity index (χ0v) is 17.8. The van der Waals surface area contributed by atoms with Crippen molar-refractivity contribution in [2.45, 2.75) is 65.5 Å². The largest absolute Gasteiger partial charge is 0.375 e. The number of pyridine rings is 1. The van der Waals surface area contributed by atoms with Crippen molar-refractivity contribution < 1.29 is 4.74 Å². The topological polar surface area (TPSA) is 61.8 Å². The zero-order chi connectivity index (χ0) is 19.8. The van der Waals surface area contributed by atoms with Gasteiger partial charge in [-0.3, -0.25) is 0 Å². The number of hydrogen-bond acceptors (Lipinski definition) is 4. The minimum atomic E-state index is 0.264. The van der Waals surface area contributed by atoms with Gasteiger partial charge in [0, 0.05) is 32.4 Å². The van der Waals surface area contributed by atoms with Crippen LogP contribution in [0.5, 0.6) is 0 Å². The minimum absolute atomic E-state index is 0.264. The number of aromatic nitrogens is 1. The van der Waals surface area contributed by atoms with E-state index in [-0.39, 0.29) is 6.10 Å². The first-order valence-corrected chi connectivity index (χ1v) is 11.0. The molecule has 2 N–H and O–H groups in total. The molecule has 2 fully saturated rings. The van der Waals surface area contributed by atoms with E-state index in [1.54, 1.807) is 0 Å². The second kappa shape index (κ2) is 10.1. The molecule has 156 valence electrons. The molecule has 0 spiro atoms. The van der Waals surface area contributed by atoms with Gasteiger partial charge in [-0.05, 0) is 50.2 Å². The molecule has 1 aromatic heterocycles. The Bertz CT molecular complexity index is 624. The lowest BCUT2D eigenvalue weighted by molar-refractivity contribution is 0.0529. The van der Waals surface area contributed by atoms with E-state index >= 15 is 0 Å². The lowest BCUT2D eigenvalue weighted by Gasteiger charge is -2.32. The van der Waals surface area contributed by atoms with Gasteiger partial charge in [-0.1, -0.05) is 25.8 Å². The van der Waals surface area contributed by atoms with E-state index in [9.17, 15) is 0 Å². The first-order valence-electron chi connectivity index (χ1n) is 11.0. The van der Waals surface area contributed by atoms with Crippen molar-refractivity contribution >= 4 is 11.8 Å². The molecular formula is C22H37N5O. The van der Waals surface area contributed by atoms with Gasteiger partial charge in [0.1, 0.15) is 5.82 Å². The van der Waals surface area contributed by atoms with Crippen molar-refractivity contribution in [3.63, 3.8) is 0 Å². The molecule has 1 saturated heterocycles. The van der Waals surface area contributed by atoms with Crippen molar-refractivity contribution in [2.24, 2.45) is 10.4 Å². The first kappa shape index (κ1) is 20.9. The molecule has 1 atom stereocenters. The molecular weight excluding hydrogens is 350 g/mol. The predicted molar refractivity (Wildman–Crippen MR) is 116 cm³/mol. The van der Waals surface area contributed by atoms with Crippen molar-refractivity contribution in [2.75, 3.05) is 37.7 Å². The number of ether oxygens (including phenoxy) is 1. The Labute approximate surface area is 170 Å². The summed E-state index contributed by atoms with van der Waals surface area (Å²) in [6.45, 7) is 11.6. The second-order valence-electron chi connectivity index (χ2n) is 8.26. The van der Waals surface area contributed by atoms with Crippen molar-refractivity contribution in [1.29, 1.82) is 0 Å². The summed E-state index contributed by atoms with van der Waals surface area (Å²) in [5.74, 6) is 1.94. The van der Waals surface area contributed by atoms with Crippen LogP contribution in [0.25, 0.3) is 0 Å². The number of rotatable bonds is 7. The van der Waals surface area contributed by atoms with Crippen molar-refractivity contribution in [3.05, 3.63) is 23.9 Å². The van der Waals surface area contributed by atoms with Crippen molar-refractivity contribution in [3.8, 4) is 0 Å². The number of nitrogens with one attached hydrogen (secondary N) is 2. The fraction of sp³-hybridized carbons (Fsp3) is 0.727. The lowest BCUT2D eigenvalue weighted by Crippen LogP contribution is -2.42. The maximum atomic E-state index is 5.61. The summed E-state index contributed by atoms with van der Waals surface area (Å²) in [7, 11) is 0. The van der Waals surface area contributed by atoms with Crippen LogP contribution in [0.3, 0.4) is 0 Å². The number of guanidine groups is 1. The molecule has 6 nitrogen and oxygen atoms in total. The maximum Gasteiger partial charge on any atom is 0.191 e. The fourth-order valence-corrected chi connectivity index (χ4v) is 4.29. The van der Waals surface area contributed by atoms with E-state index in [2.05, 4.69) is 53.4 Å².